The Bertz CT molecular complexity index is 1030. The second-order valence-electron chi connectivity index (χ2n) is 6.95. The summed E-state index contributed by atoms with van der Waals surface area (Å²) in [4.78, 5) is 33.4. The van der Waals surface area contributed by atoms with Gasteiger partial charge in [0.15, 0.2) is 0 Å². The summed E-state index contributed by atoms with van der Waals surface area (Å²) in [7, 11) is 0. The lowest BCUT2D eigenvalue weighted by atomic mass is 10.1. The van der Waals surface area contributed by atoms with Crippen molar-refractivity contribution < 1.29 is 19.4 Å². The van der Waals surface area contributed by atoms with Crippen LogP contribution < -0.4 is 0 Å². The van der Waals surface area contributed by atoms with Crippen molar-refractivity contribution in [3.63, 3.8) is 0 Å². The first-order valence-corrected chi connectivity index (χ1v) is 9.44. The van der Waals surface area contributed by atoms with Crippen molar-refractivity contribution >= 4 is 22.9 Å². The summed E-state index contributed by atoms with van der Waals surface area (Å²) in [6, 6.07) is 7.93. The van der Waals surface area contributed by atoms with Crippen LogP contribution in [0.2, 0.25) is 0 Å². The molecule has 0 atom stereocenters. The Hall–Kier alpha value is -3.33. The Labute approximate surface area is 166 Å². The number of hydrogen-bond donors (Lipinski definition) is 1. The van der Waals surface area contributed by atoms with Crippen LogP contribution in [0.5, 0.6) is 0 Å². The van der Waals surface area contributed by atoms with Crippen LogP contribution in [0.15, 0.2) is 42.9 Å². The number of carboxylic acids is 1. The first-order chi connectivity index (χ1) is 14.1. The fourth-order valence-corrected chi connectivity index (χ4v) is 3.46. The lowest BCUT2D eigenvalue weighted by molar-refractivity contribution is -0.146. The number of para-hydroxylation sites is 2. The van der Waals surface area contributed by atoms with Gasteiger partial charge in [0.25, 0.3) is 0 Å². The quantitative estimate of drug-likeness (QED) is 0.677. The van der Waals surface area contributed by atoms with Crippen molar-refractivity contribution in [2.45, 2.75) is 18.9 Å². The average Bonchev–Trinajstić information content (AvgIpc) is 3.23. The zero-order chi connectivity index (χ0) is 20.2. The van der Waals surface area contributed by atoms with Crippen LogP contribution >= 0.6 is 0 Å². The zero-order valence-electron chi connectivity index (χ0n) is 15.8. The molecule has 1 aliphatic rings. The predicted molar refractivity (Wildman–Crippen MR) is 104 cm³/mol. The molecule has 2 aromatic heterocycles. The summed E-state index contributed by atoms with van der Waals surface area (Å²) in [5.41, 5.74) is 3.38. The predicted octanol–water partition coefficient (Wildman–Crippen LogP) is 1.76. The highest BCUT2D eigenvalue weighted by atomic mass is 16.5. The smallest absolute Gasteiger partial charge is 0.329 e. The molecular weight excluding hydrogens is 374 g/mol. The highest BCUT2D eigenvalue weighted by Crippen LogP contribution is 2.25. The number of aliphatic carboxylic acids is 1. The van der Waals surface area contributed by atoms with Crippen LogP contribution in [0.25, 0.3) is 22.3 Å². The number of hydrogen-bond acceptors (Lipinski definition) is 6. The van der Waals surface area contributed by atoms with Gasteiger partial charge in [0.1, 0.15) is 13.2 Å². The minimum atomic E-state index is -1.08. The molecule has 1 saturated heterocycles. The molecule has 0 aliphatic carbocycles. The highest BCUT2D eigenvalue weighted by molar-refractivity contribution is 5.78. The van der Waals surface area contributed by atoms with Gasteiger partial charge in [-0.05, 0) is 25.0 Å². The van der Waals surface area contributed by atoms with Crippen molar-refractivity contribution in [1.29, 1.82) is 0 Å². The van der Waals surface area contributed by atoms with Gasteiger partial charge in [-0.1, -0.05) is 12.1 Å². The Morgan fingerprint density at radius 3 is 2.62 bits per heavy atom. The van der Waals surface area contributed by atoms with Crippen LogP contribution in [0, 0.1) is 0 Å². The third-order valence-electron chi connectivity index (χ3n) is 4.99. The number of fused-ring (bicyclic) bond motifs is 1. The molecule has 9 nitrogen and oxygen atoms in total. The molecule has 0 spiro atoms. The fraction of sp³-hybridized carbons (Fsp3) is 0.350. The molecule has 3 aromatic rings. The van der Waals surface area contributed by atoms with E-state index in [0.29, 0.717) is 13.1 Å². The van der Waals surface area contributed by atoms with Gasteiger partial charge in [-0.25, -0.2) is 9.78 Å². The van der Waals surface area contributed by atoms with Gasteiger partial charge < -0.3 is 14.7 Å². The molecule has 1 N–H and O–H groups in total. The molecule has 0 bridgehead atoms. The second-order valence-corrected chi connectivity index (χ2v) is 6.95. The van der Waals surface area contributed by atoms with E-state index < -0.39 is 12.6 Å². The number of carbonyl (C=O) groups excluding carboxylic acids is 1. The van der Waals surface area contributed by atoms with E-state index >= 15 is 0 Å². The normalized spacial score (nSPS) is 15.0. The minimum Gasteiger partial charge on any atom is -0.480 e. The molecule has 0 radical (unpaired) electrons. The Balaban J connectivity index is 1.36. The van der Waals surface area contributed by atoms with Gasteiger partial charge >= 0.3 is 5.97 Å². The van der Waals surface area contributed by atoms with Gasteiger partial charge in [0.2, 0.25) is 5.91 Å². The summed E-state index contributed by atoms with van der Waals surface area (Å²) >= 11 is 0. The summed E-state index contributed by atoms with van der Waals surface area (Å²) < 4.78 is 6.81. The first-order valence-electron chi connectivity index (χ1n) is 9.44. The van der Waals surface area contributed by atoms with E-state index in [-0.39, 0.29) is 18.6 Å². The largest absolute Gasteiger partial charge is 0.480 e. The van der Waals surface area contributed by atoms with Crippen LogP contribution in [0.3, 0.4) is 0 Å². The summed E-state index contributed by atoms with van der Waals surface area (Å²) in [6.45, 7) is 0.509. The Kier molecular flexibility index (Phi) is 5.48. The Morgan fingerprint density at radius 1 is 1.10 bits per heavy atom. The third kappa shape index (κ3) is 4.40. The van der Waals surface area contributed by atoms with Gasteiger partial charge in [-0.3, -0.25) is 14.5 Å². The number of piperidine rings is 1. The summed E-state index contributed by atoms with van der Waals surface area (Å²) in [6.07, 6.45) is 7.05. The lowest BCUT2D eigenvalue weighted by Crippen LogP contribution is -2.41. The number of amides is 1. The number of likely N-dealkylation sites (tertiary alicyclic amines) is 1. The fourth-order valence-electron chi connectivity index (χ4n) is 3.46. The number of ether oxygens (including phenoxy) is 1. The van der Waals surface area contributed by atoms with Crippen LogP contribution in [-0.2, 0) is 14.3 Å². The molecule has 3 heterocycles. The van der Waals surface area contributed by atoms with E-state index in [0.717, 1.165) is 35.1 Å². The standard InChI is InChI=1S/C20H21N5O4/c26-19(12-29-13-20(27)28)24-7-5-15(6-8-24)25-11-14(9-22-25)18-10-21-16-3-1-2-4-17(16)23-18/h1-4,9-11,15H,5-8,12-13H2,(H,27,28). The van der Waals surface area contributed by atoms with Crippen molar-refractivity contribution in [2.24, 2.45) is 0 Å². The van der Waals surface area contributed by atoms with Crippen molar-refractivity contribution in [1.82, 2.24) is 24.6 Å². The second kappa shape index (κ2) is 8.36. The zero-order valence-corrected chi connectivity index (χ0v) is 15.8. The van der Waals surface area contributed by atoms with E-state index in [1.165, 1.54) is 0 Å². The molecule has 1 aromatic carbocycles. The monoisotopic (exact) mass is 395 g/mol. The molecule has 1 amide bonds. The highest BCUT2D eigenvalue weighted by Gasteiger charge is 2.24. The van der Waals surface area contributed by atoms with Gasteiger partial charge in [0, 0.05) is 24.8 Å². The minimum absolute atomic E-state index is 0.183. The summed E-state index contributed by atoms with van der Waals surface area (Å²) in [5, 5.41) is 13.1. The van der Waals surface area contributed by atoms with Crippen LogP contribution in [0.4, 0.5) is 0 Å². The van der Waals surface area contributed by atoms with E-state index in [9.17, 15) is 9.59 Å². The number of aromatic nitrogens is 4. The number of benzene rings is 1. The van der Waals surface area contributed by atoms with Gasteiger partial charge in [-0.15, -0.1) is 0 Å². The molecule has 0 unspecified atom stereocenters. The third-order valence-corrected chi connectivity index (χ3v) is 4.99. The molecule has 9 heteroatoms. The molecule has 1 fully saturated rings. The van der Waals surface area contributed by atoms with Gasteiger partial charge in [0.05, 0.1) is 35.2 Å². The topological polar surface area (TPSA) is 110 Å². The Morgan fingerprint density at radius 2 is 1.86 bits per heavy atom. The van der Waals surface area contributed by atoms with Crippen molar-refractivity contribution in [3.05, 3.63) is 42.9 Å². The average molecular weight is 395 g/mol. The maximum absolute atomic E-state index is 12.1. The molecule has 1 aliphatic heterocycles. The van der Waals surface area contributed by atoms with Crippen LogP contribution in [-0.4, -0.2) is 67.9 Å². The first kappa shape index (κ1) is 19.0. The van der Waals surface area contributed by atoms with Crippen molar-refractivity contribution in [2.75, 3.05) is 26.3 Å². The summed E-state index contributed by atoms with van der Waals surface area (Å²) in [5.74, 6) is -1.26. The molecule has 4 rings (SSSR count). The number of rotatable bonds is 6. The van der Waals surface area contributed by atoms with E-state index in [4.69, 9.17) is 9.84 Å². The number of carbonyl (C=O) groups is 2. The van der Waals surface area contributed by atoms with Crippen molar-refractivity contribution in [3.8, 4) is 11.3 Å². The van der Waals surface area contributed by atoms with E-state index in [2.05, 4.69) is 15.1 Å². The SMILES string of the molecule is O=C(O)COCC(=O)N1CCC(n2cc(-c3cnc4ccccc4n3)cn2)CC1. The number of carboxylic acid groups (broad SMARTS) is 1. The van der Waals surface area contributed by atoms with E-state index in [1.54, 1.807) is 17.3 Å². The molecule has 150 valence electrons. The van der Waals surface area contributed by atoms with Crippen LogP contribution in [0.1, 0.15) is 18.9 Å². The maximum Gasteiger partial charge on any atom is 0.329 e. The van der Waals surface area contributed by atoms with Gasteiger partial charge in [-0.2, -0.15) is 5.10 Å². The van der Waals surface area contributed by atoms with E-state index in [1.807, 2.05) is 35.1 Å². The number of nitrogens with zero attached hydrogens (tertiary/aromatic N) is 5. The maximum atomic E-state index is 12.1. The molecular formula is C20H21N5O4. The lowest BCUT2D eigenvalue weighted by Gasteiger charge is -2.32. The molecule has 0 saturated carbocycles. The molecule has 29 heavy (non-hydrogen) atoms.